The van der Waals surface area contributed by atoms with Crippen LogP contribution in [-0.2, 0) is 5.60 Å². The molecule has 0 radical (unpaired) electrons. The van der Waals surface area contributed by atoms with E-state index in [0.717, 1.165) is 22.4 Å². The van der Waals surface area contributed by atoms with Crippen LogP contribution in [0.2, 0.25) is 0 Å². The topological polar surface area (TPSA) is 96.1 Å². The standard InChI is InChI=1S/C28H26N2O6S/c1-32-17-11-9-16(10-12-17)28-23(15-7-5-4-6-8-15)22(26-29-30-27(37)35-26)25(31)24(28)21-19(34-3)13-18(33-2)14-20(21)36-28/h4-14,22-25,31H,1-3H3,(H,30,37)/t22-,23-,24?,25-,28+/m1/s1. The van der Waals surface area contributed by atoms with Gasteiger partial charge in [0.1, 0.15) is 23.0 Å². The highest BCUT2D eigenvalue weighted by Gasteiger charge is 2.69. The molecule has 1 aliphatic heterocycles. The number of rotatable bonds is 6. The Balaban J connectivity index is 1.66. The van der Waals surface area contributed by atoms with E-state index in [-0.39, 0.29) is 5.22 Å². The quantitative estimate of drug-likeness (QED) is 0.355. The van der Waals surface area contributed by atoms with Gasteiger partial charge in [-0.15, -0.1) is 10.2 Å². The molecular formula is C28H26N2O6S. The van der Waals surface area contributed by atoms with Crippen molar-refractivity contribution in [3.63, 3.8) is 0 Å². The van der Waals surface area contributed by atoms with Crippen molar-refractivity contribution in [1.82, 2.24) is 10.2 Å². The van der Waals surface area contributed by atoms with Gasteiger partial charge < -0.3 is 28.5 Å². The molecule has 0 saturated heterocycles. The minimum atomic E-state index is -1.04. The summed E-state index contributed by atoms with van der Waals surface area (Å²) in [5, 5.41) is 20.5. The summed E-state index contributed by atoms with van der Waals surface area (Å²) in [6.07, 6.45) is -0.955. The van der Waals surface area contributed by atoms with Crippen LogP contribution >= 0.6 is 12.6 Å². The van der Waals surface area contributed by atoms with Gasteiger partial charge in [-0.05, 0) is 23.3 Å². The van der Waals surface area contributed by atoms with E-state index in [9.17, 15) is 5.11 Å². The highest BCUT2D eigenvalue weighted by atomic mass is 32.1. The molecule has 0 spiro atoms. The summed E-state index contributed by atoms with van der Waals surface area (Å²) in [6.45, 7) is 0. The number of nitrogens with zero attached hydrogens (tertiary/aromatic N) is 2. The van der Waals surface area contributed by atoms with Gasteiger partial charge >= 0.3 is 0 Å². The molecule has 8 nitrogen and oxygen atoms in total. The van der Waals surface area contributed by atoms with Crippen LogP contribution in [0.15, 0.2) is 76.4 Å². The summed E-state index contributed by atoms with van der Waals surface area (Å²) in [5.41, 5.74) is 1.56. The average molecular weight is 519 g/mol. The Labute approximate surface area is 219 Å². The molecule has 1 N–H and O–H groups in total. The fraction of sp³-hybridized carbons (Fsp3) is 0.286. The van der Waals surface area contributed by atoms with Gasteiger partial charge in [-0.2, -0.15) is 0 Å². The molecule has 0 bridgehead atoms. The van der Waals surface area contributed by atoms with Crippen molar-refractivity contribution in [1.29, 1.82) is 0 Å². The second-order valence-corrected chi connectivity index (χ2v) is 9.55. The van der Waals surface area contributed by atoms with E-state index in [1.165, 1.54) is 0 Å². The molecule has 2 aliphatic rings. The van der Waals surface area contributed by atoms with E-state index in [1.807, 2.05) is 66.7 Å². The third kappa shape index (κ3) is 3.48. The molecule has 0 amide bonds. The van der Waals surface area contributed by atoms with Gasteiger partial charge in [0.05, 0.1) is 39.3 Å². The number of fused-ring (bicyclic) bond motifs is 3. The second-order valence-electron chi connectivity index (χ2n) is 9.17. The summed E-state index contributed by atoms with van der Waals surface area (Å²) in [6, 6.07) is 21.3. The molecule has 9 heteroatoms. The zero-order chi connectivity index (χ0) is 25.7. The zero-order valence-corrected chi connectivity index (χ0v) is 21.4. The van der Waals surface area contributed by atoms with Gasteiger partial charge in [-0.25, -0.2) is 0 Å². The maximum atomic E-state index is 12.1. The van der Waals surface area contributed by atoms with Gasteiger partial charge in [-0.3, -0.25) is 0 Å². The number of thiol groups is 1. The van der Waals surface area contributed by atoms with Crippen LogP contribution in [0.4, 0.5) is 0 Å². The van der Waals surface area contributed by atoms with Crippen molar-refractivity contribution in [2.45, 2.75) is 34.7 Å². The third-order valence-electron chi connectivity index (χ3n) is 7.53. The lowest BCUT2D eigenvalue weighted by atomic mass is 9.73. The molecule has 1 aliphatic carbocycles. The minimum absolute atomic E-state index is 0.133. The largest absolute Gasteiger partial charge is 0.497 e. The monoisotopic (exact) mass is 518 g/mol. The first-order chi connectivity index (χ1) is 18.0. The average Bonchev–Trinajstić information content (AvgIpc) is 3.59. The van der Waals surface area contributed by atoms with Crippen LogP contribution in [0, 0.1) is 0 Å². The summed E-state index contributed by atoms with van der Waals surface area (Å²) in [5.74, 6) is 1.26. The Bertz CT molecular complexity index is 1430. The Hall–Kier alpha value is -3.69. The molecule has 1 saturated carbocycles. The lowest BCUT2D eigenvalue weighted by Gasteiger charge is -2.37. The first-order valence-corrected chi connectivity index (χ1v) is 12.3. The van der Waals surface area contributed by atoms with Crippen LogP contribution in [0.25, 0.3) is 0 Å². The van der Waals surface area contributed by atoms with Crippen LogP contribution in [0.1, 0.15) is 40.3 Å². The van der Waals surface area contributed by atoms with E-state index in [2.05, 4.69) is 22.8 Å². The van der Waals surface area contributed by atoms with Crippen molar-refractivity contribution in [2.24, 2.45) is 0 Å². The van der Waals surface area contributed by atoms with Gasteiger partial charge in [-0.1, -0.05) is 55.1 Å². The number of hydrogen-bond acceptors (Lipinski definition) is 9. The molecule has 190 valence electrons. The first-order valence-electron chi connectivity index (χ1n) is 11.9. The highest BCUT2D eigenvalue weighted by Crippen LogP contribution is 2.70. The lowest BCUT2D eigenvalue weighted by Crippen LogP contribution is -2.38. The zero-order valence-electron chi connectivity index (χ0n) is 20.5. The fourth-order valence-electron chi connectivity index (χ4n) is 6.10. The number of aliphatic hydroxyl groups is 1. The van der Waals surface area contributed by atoms with Gasteiger partial charge in [0.2, 0.25) is 5.89 Å². The van der Waals surface area contributed by atoms with Crippen LogP contribution in [-0.4, -0.2) is 42.7 Å². The van der Waals surface area contributed by atoms with E-state index >= 15 is 0 Å². The summed E-state index contributed by atoms with van der Waals surface area (Å²) in [7, 11) is 4.82. The molecular weight excluding hydrogens is 492 g/mol. The SMILES string of the molecule is COc1ccc([C@@]23Oc4cc(OC)cc(OC)c4C2[C@H](O)[C@H](c2nnc(S)o2)[C@H]3c2ccccc2)cc1. The minimum Gasteiger partial charge on any atom is -0.497 e. The number of methoxy groups -OCH3 is 3. The van der Waals surface area contributed by atoms with E-state index in [1.54, 1.807) is 21.3 Å². The molecule has 1 aromatic heterocycles. The highest BCUT2D eigenvalue weighted by molar-refractivity contribution is 7.80. The molecule has 5 atom stereocenters. The Morgan fingerprint density at radius 1 is 0.865 bits per heavy atom. The predicted molar refractivity (Wildman–Crippen MR) is 137 cm³/mol. The van der Waals surface area contributed by atoms with Crippen molar-refractivity contribution in [3.8, 4) is 23.0 Å². The van der Waals surface area contributed by atoms with Crippen LogP contribution in [0.3, 0.4) is 0 Å². The molecule has 6 rings (SSSR count). The number of ether oxygens (including phenoxy) is 4. The molecule has 1 unspecified atom stereocenters. The normalized spacial score (nSPS) is 25.8. The van der Waals surface area contributed by atoms with E-state index in [0.29, 0.717) is 23.1 Å². The van der Waals surface area contributed by atoms with E-state index < -0.39 is 29.5 Å². The van der Waals surface area contributed by atoms with Gasteiger partial charge in [0, 0.05) is 23.6 Å². The van der Waals surface area contributed by atoms with Crippen LogP contribution < -0.4 is 18.9 Å². The maximum Gasteiger partial charge on any atom is 0.273 e. The van der Waals surface area contributed by atoms with Crippen LogP contribution in [0.5, 0.6) is 23.0 Å². The Morgan fingerprint density at radius 3 is 2.22 bits per heavy atom. The van der Waals surface area contributed by atoms with Gasteiger partial charge in [0.25, 0.3) is 5.22 Å². The molecule has 3 aromatic carbocycles. The Morgan fingerprint density at radius 2 is 1.59 bits per heavy atom. The number of aromatic nitrogens is 2. The third-order valence-corrected chi connectivity index (χ3v) is 7.71. The first kappa shape index (κ1) is 23.7. The van der Waals surface area contributed by atoms with Gasteiger partial charge in [0.15, 0.2) is 5.60 Å². The fourth-order valence-corrected chi connectivity index (χ4v) is 6.24. The Kier molecular flexibility index (Phi) is 5.77. The smallest absolute Gasteiger partial charge is 0.273 e. The van der Waals surface area contributed by atoms with E-state index in [4.69, 9.17) is 23.4 Å². The summed E-state index contributed by atoms with van der Waals surface area (Å²) < 4.78 is 29.6. The molecule has 4 aromatic rings. The van der Waals surface area contributed by atoms with Crippen molar-refractivity contribution in [3.05, 3.63) is 89.3 Å². The summed E-state index contributed by atoms with van der Waals surface area (Å²) in [4.78, 5) is 0. The second kappa shape index (κ2) is 9.00. The lowest BCUT2D eigenvalue weighted by molar-refractivity contribution is 0.0465. The molecule has 2 heterocycles. The number of benzene rings is 3. The van der Waals surface area contributed by atoms with Crippen molar-refractivity contribution >= 4 is 12.6 Å². The number of hydrogen-bond donors (Lipinski definition) is 2. The van der Waals surface area contributed by atoms with Crippen molar-refractivity contribution in [2.75, 3.05) is 21.3 Å². The maximum absolute atomic E-state index is 12.1. The summed E-state index contributed by atoms with van der Waals surface area (Å²) >= 11 is 4.24. The molecule has 1 fully saturated rings. The molecule has 37 heavy (non-hydrogen) atoms. The predicted octanol–water partition coefficient (Wildman–Crippen LogP) is 4.70. The van der Waals surface area contributed by atoms with Crippen molar-refractivity contribution < 1.29 is 28.5 Å². The number of aliphatic hydroxyl groups excluding tert-OH is 1.